The average Bonchev–Trinajstić information content (AvgIpc) is 3.07. The van der Waals surface area contributed by atoms with Crippen LogP contribution >= 0.6 is 23.1 Å². The minimum absolute atomic E-state index is 0.357. The van der Waals surface area contributed by atoms with Gasteiger partial charge in [0.05, 0.1) is 10.4 Å². The Morgan fingerprint density at radius 2 is 1.91 bits per heavy atom. The molecule has 2 amide bonds. The maximum atomic E-state index is 11.8. The van der Waals surface area contributed by atoms with Crippen molar-refractivity contribution in [3.05, 3.63) is 52.2 Å². The molecule has 0 aliphatic heterocycles. The summed E-state index contributed by atoms with van der Waals surface area (Å²) in [4.78, 5) is 36.4. The van der Waals surface area contributed by atoms with E-state index in [2.05, 4.69) is 5.32 Å². The summed E-state index contributed by atoms with van der Waals surface area (Å²) in [7, 11) is 0. The van der Waals surface area contributed by atoms with Gasteiger partial charge in [0.1, 0.15) is 0 Å². The average molecular weight is 335 g/mol. The Morgan fingerprint density at radius 3 is 2.50 bits per heavy atom. The van der Waals surface area contributed by atoms with Crippen LogP contribution in [0.25, 0.3) is 0 Å². The van der Waals surface area contributed by atoms with Gasteiger partial charge in [-0.15, -0.1) is 23.1 Å². The van der Waals surface area contributed by atoms with Crippen molar-refractivity contribution in [2.45, 2.75) is 4.90 Å². The number of ether oxygens (including phenoxy) is 1. The van der Waals surface area contributed by atoms with Gasteiger partial charge in [-0.05, 0) is 42.0 Å². The largest absolute Gasteiger partial charge is 0.452 e. The van der Waals surface area contributed by atoms with Crippen LogP contribution in [0.1, 0.15) is 20.0 Å². The van der Waals surface area contributed by atoms with Crippen LogP contribution in [0, 0.1) is 0 Å². The van der Waals surface area contributed by atoms with Gasteiger partial charge < -0.3 is 4.74 Å². The number of hydrogen-bond donors (Lipinski definition) is 1. The number of thiophene rings is 1. The second-order valence-electron chi connectivity index (χ2n) is 4.16. The normalized spacial score (nSPS) is 10.0. The zero-order valence-electron chi connectivity index (χ0n) is 11.7. The Labute approximate surface area is 135 Å². The van der Waals surface area contributed by atoms with Crippen molar-refractivity contribution >= 4 is 40.9 Å². The zero-order chi connectivity index (χ0) is 15.9. The highest BCUT2D eigenvalue weighted by atomic mass is 32.2. The summed E-state index contributed by atoms with van der Waals surface area (Å²) in [6.07, 6.45) is 1.93. The Morgan fingerprint density at radius 1 is 1.18 bits per heavy atom. The summed E-state index contributed by atoms with van der Waals surface area (Å²) < 4.78 is 4.88. The lowest BCUT2D eigenvalue weighted by atomic mass is 10.2. The van der Waals surface area contributed by atoms with Crippen molar-refractivity contribution in [1.29, 1.82) is 0 Å². The van der Waals surface area contributed by atoms with Crippen LogP contribution in [0.5, 0.6) is 0 Å². The Kier molecular flexibility index (Phi) is 5.74. The number of nitrogens with one attached hydrogen (secondary N) is 1. The molecule has 2 aromatic rings. The van der Waals surface area contributed by atoms with Gasteiger partial charge in [-0.2, -0.15) is 0 Å². The lowest BCUT2D eigenvalue weighted by Crippen LogP contribution is -2.33. The number of amides is 2. The van der Waals surface area contributed by atoms with Crippen LogP contribution in [-0.4, -0.2) is 30.6 Å². The summed E-state index contributed by atoms with van der Waals surface area (Å²) in [6.45, 7) is -0.500. The molecule has 114 valence electrons. The van der Waals surface area contributed by atoms with E-state index >= 15 is 0 Å². The van der Waals surface area contributed by atoms with Crippen LogP contribution in [-0.2, 0) is 9.53 Å². The monoisotopic (exact) mass is 335 g/mol. The third-order valence-electron chi connectivity index (χ3n) is 2.66. The highest BCUT2D eigenvalue weighted by molar-refractivity contribution is 7.98. The number of imide groups is 1. The van der Waals surface area contributed by atoms with E-state index in [-0.39, 0.29) is 0 Å². The van der Waals surface area contributed by atoms with E-state index in [0.29, 0.717) is 10.4 Å². The lowest BCUT2D eigenvalue weighted by molar-refractivity contribution is -0.123. The maximum Gasteiger partial charge on any atom is 0.338 e. The van der Waals surface area contributed by atoms with Crippen LogP contribution in [0.15, 0.2) is 46.7 Å². The van der Waals surface area contributed by atoms with Crippen molar-refractivity contribution in [2.24, 2.45) is 0 Å². The fourth-order valence-electron chi connectivity index (χ4n) is 1.57. The van der Waals surface area contributed by atoms with Gasteiger partial charge in [0.15, 0.2) is 6.61 Å². The highest BCUT2D eigenvalue weighted by Gasteiger charge is 2.14. The molecule has 0 saturated carbocycles. The summed E-state index contributed by atoms with van der Waals surface area (Å²) >= 11 is 2.78. The Balaban J connectivity index is 1.82. The predicted octanol–water partition coefficient (Wildman–Crippen LogP) is 2.58. The third-order valence-corrected chi connectivity index (χ3v) is 4.27. The van der Waals surface area contributed by atoms with Gasteiger partial charge >= 0.3 is 5.97 Å². The molecule has 0 spiro atoms. The molecule has 0 aliphatic carbocycles. The van der Waals surface area contributed by atoms with E-state index in [1.807, 2.05) is 6.26 Å². The number of rotatable bonds is 5. The second kappa shape index (κ2) is 7.77. The maximum absolute atomic E-state index is 11.8. The summed E-state index contributed by atoms with van der Waals surface area (Å²) in [5.41, 5.74) is 0.357. The molecular weight excluding hydrogens is 322 g/mol. The van der Waals surface area contributed by atoms with Crippen LogP contribution < -0.4 is 5.32 Å². The van der Waals surface area contributed by atoms with Crippen LogP contribution in [0.4, 0.5) is 0 Å². The van der Waals surface area contributed by atoms with Gasteiger partial charge in [0.2, 0.25) is 0 Å². The molecular formula is C15H13NO4S2. The molecule has 22 heavy (non-hydrogen) atoms. The highest BCUT2D eigenvalue weighted by Crippen LogP contribution is 2.15. The zero-order valence-corrected chi connectivity index (χ0v) is 13.3. The first-order valence-electron chi connectivity index (χ1n) is 6.29. The third kappa shape index (κ3) is 4.44. The number of benzene rings is 1. The molecule has 0 aliphatic rings. The van der Waals surface area contributed by atoms with Crippen molar-refractivity contribution in [3.63, 3.8) is 0 Å². The fourth-order valence-corrected chi connectivity index (χ4v) is 2.60. The number of thioether (sulfide) groups is 1. The lowest BCUT2D eigenvalue weighted by Gasteiger charge is -2.05. The summed E-state index contributed by atoms with van der Waals surface area (Å²) in [6, 6.07) is 10.2. The predicted molar refractivity (Wildman–Crippen MR) is 85.3 cm³/mol. The molecule has 1 aromatic heterocycles. The molecule has 1 N–H and O–H groups in total. The Hall–Kier alpha value is -2.12. The van der Waals surface area contributed by atoms with Gasteiger partial charge in [-0.3, -0.25) is 14.9 Å². The molecule has 7 heteroatoms. The van der Waals surface area contributed by atoms with Gasteiger partial charge in [0.25, 0.3) is 11.8 Å². The van der Waals surface area contributed by atoms with Crippen molar-refractivity contribution in [3.8, 4) is 0 Å². The first-order valence-corrected chi connectivity index (χ1v) is 8.39. The molecule has 0 bridgehead atoms. The molecule has 0 atom stereocenters. The van der Waals surface area contributed by atoms with Crippen LogP contribution in [0.2, 0.25) is 0 Å². The first kappa shape index (κ1) is 16.3. The minimum atomic E-state index is -0.660. The smallest absolute Gasteiger partial charge is 0.338 e. The van der Waals surface area contributed by atoms with Gasteiger partial charge in [-0.1, -0.05) is 6.07 Å². The number of carbonyl (C=O) groups is 3. The van der Waals surface area contributed by atoms with E-state index in [4.69, 9.17) is 4.74 Å². The first-order chi connectivity index (χ1) is 10.6. The molecule has 1 heterocycles. The molecule has 0 radical (unpaired) electrons. The van der Waals surface area contributed by atoms with Gasteiger partial charge in [0, 0.05) is 4.90 Å². The van der Waals surface area contributed by atoms with Gasteiger partial charge in [-0.25, -0.2) is 4.79 Å². The van der Waals surface area contributed by atoms with Crippen LogP contribution in [0.3, 0.4) is 0 Å². The van der Waals surface area contributed by atoms with Crippen molar-refractivity contribution in [1.82, 2.24) is 5.32 Å². The summed E-state index contributed by atoms with van der Waals surface area (Å²) in [5, 5.41) is 3.89. The summed E-state index contributed by atoms with van der Waals surface area (Å²) in [5.74, 6) is -1.76. The van der Waals surface area contributed by atoms with E-state index in [0.717, 1.165) is 4.90 Å². The molecule has 0 unspecified atom stereocenters. The standard InChI is InChI=1S/C15H13NO4S2/c1-21-11-6-4-10(5-7-11)15(19)20-9-13(17)16-14(18)12-3-2-8-22-12/h2-8H,9H2,1H3,(H,16,17,18). The molecule has 5 nitrogen and oxygen atoms in total. The topological polar surface area (TPSA) is 72.5 Å². The quantitative estimate of drug-likeness (QED) is 0.672. The molecule has 2 rings (SSSR count). The van der Waals surface area contributed by atoms with E-state index in [1.54, 1.807) is 53.5 Å². The van der Waals surface area contributed by atoms with E-state index in [9.17, 15) is 14.4 Å². The Bertz CT molecular complexity index is 665. The number of carbonyl (C=O) groups excluding carboxylic acids is 3. The SMILES string of the molecule is CSc1ccc(C(=O)OCC(=O)NC(=O)c2cccs2)cc1. The number of esters is 1. The van der Waals surface area contributed by atoms with Crippen molar-refractivity contribution in [2.75, 3.05) is 12.9 Å². The second-order valence-corrected chi connectivity index (χ2v) is 5.99. The van der Waals surface area contributed by atoms with Crippen molar-refractivity contribution < 1.29 is 19.1 Å². The molecule has 0 saturated heterocycles. The minimum Gasteiger partial charge on any atom is -0.452 e. The van der Waals surface area contributed by atoms with E-state index in [1.165, 1.54) is 11.3 Å². The molecule has 0 fully saturated rings. The number of hydrogen-bond acceptors (Lipinski definition) is 6. The fraction of sp³-hybridized carbons (Fsp3) is 0.133. The van der Waals surface area contributed by atoms with E-state index < -0.39 is 24.4 Å². The molecule has 1 aromatic carbocycles.